The third kappa shape index (κ3) is 3.13. The molecule has 3 aliphatic heterocycles. The van der Waals surface area contributed by atoms with Gasteiger partial charge in [0.15, 0.2) is 0 Å². The molecule has 3 saturated heterocycles. The van der Waals surface area contributed by atoms with Gasteiger partial charge in [0.05, 0.1) is 18.4 Å². The lowest BCUT2D eigenvalue weighted by molar-refractivity contribution is -0.142. The number of amides is 2. The fourth-order valence-electron chi connectivity index (χ4n) is 5.56. The maximum atomic E-state index is 13.6. The second kappa shape index (κ2) is 7.23. The molecule has 0 aliphatic carbocycles. The molecule has 2 aromatic rings. The van der Waals surface area contributed by atoms with E-state index in [0.29, 0.717) is 5.56 Å². The maximum absolute atomic E-state index is 13.6. The Morgan fingerprint density at radius 2 is 1.68 bits per heavy atom. The summed E-state index contributed by atoms with van der Waals surface area (Å²) < 4.78 is 27.2. The van der Waals surface area contributed by atoms with Crippen LogP contribution in [0.2, 0.25) is 0 Å². The molecule has 2 aromatic carbocycles. The SMILES string of the molecule is N=C(N)c1ccc([C@H]2[C@H]3C(=O)N(Cc4cc(F)cc(F)c4)C(=O)[C@H]3C3CCCN32)cc1. The summed E-state index contributed by atoms with van der Waals surface area (Å²) in [7, 11) is 0. The van der Waals surface area contributed by atoms with Crippen LogP contribution in [0.1, 0.15) is 35.6 Å². The Kier molecular flexibility index (Phi) is 4.62. The molecule has 0 radical (unpaired) electrons. The molecule has 0 aromatic heterocycles. The Balaban J connectivity index is 1.49. The lowest BCUT2D eigenvalue weighted by Crippen LogP contribution is -2.38. The van der Waals surface area contributed by atoms with Gasteiger partial charge in [-0.25, -0.2) is 8.78 Å². The van der Waals surface area contributed by atoms with Gasteiger partial charge in [0, 0.05) is 23.7 Å². The molecule has 3 aliphatic rings. The minimum atomic E-state index is -0.736. The van der Waals surface area contributed by atoms with Gasteiger partial charge in [-0.2, -0.15) is 0 Å². The van der Waals surface area contributed by atoms with Crippen LogP contribution in [0.25, 0.3) is 0 Å². The van der Waals surface area contributed by atoms with Crippen molar-refractivity contribution >= 4 is 17.6 Å². The highest BCUT2D eigenvalue weighted by Gasteiger charge is 2.62. The van der Waals surface area contributed by atoms with E-state index in [9.17, 15) is 18.4 Å². The Hall–Kier alpha value is -3.13. The number of rotatable bonds is 4. The van der Waals surface area contributed by atoms with Crippen LogP contribution in [-0.2, 0) is 16.1 Å². The topological polar surface area (TPSA) is 90.5 Å². The van der Waals surface area contributed by atoms with Crippen molar-refractivity contribution < 1.29 is 18.4 Å². The van der Waals surface area contributed by atoms with Gasteiger partial charge in [-0.15, -0.1) is 0 Å². The molecule has 3 N–H and O–H groups in total. The molecule has 5 rings (SSSR count). The van der Waals surface area contributed by atoms with E-state index in [-0.39, 0.29) is 41.8 Å². The molecule has 0 bridgehead atoms. The second-order valence-electron chi connectivity index (χ2n) is 8.52. The standard InChI is InChI=1S/C23H22F2N4O2/c24-15-8-12(9-16(25)10-15)11-29-22(30)18-17-2-1-7-28(17)20(19(18)23(29)31)13-3-5-14(6-4-13)21(26)27/h3-6,8-10,17-20H,1-2,7,11H2,(H3,26,27)/t17?,18-,19-,20-/m0/s1. The molecule has 3 fully saturated rings. The first kappa shape index (κ1) is 19.8. The highest BCUT2D eigenvalue weighted by molar-refractivity contribution is 6.06. The summed E-state index contributed by atoms with van der Waals surface area (Å²) >= 11 is 0. The summed E-state index contributed by atoms with van der Waals surface area (Å²) in [5.74, 6) is -3.05. The average molecular weight is 424 g/mol. The Labute approximate surface area is 178 Å². The predicted molar refractivity (Wildman–Crippen MR) is 109 cm³/mol. The molecule has 160 valence electrons. The summed E-state index contributed by atoms with van der Waals surface area (Å²) in [4.78, 5) is 30.1. The number of imide groups is 1. The minimum absolute atomic E-state index is 0.0202. The number of halogens is 2. The van der Waals surface area contributed by atoms with E-state index >= 15 is 0 Å². The Morgan fingerprint density at radius 1 is 1.03 bits per heavy atom. The number of benzene rings is 2. The van der Waals surface area contributed by atoms with E-state index < -0.39 is 23.5 Å². The van der Waals surface area contributed by atoms with E-state index in [1.807, 2.05) is 12.1 Å². The van der Waals surface area contributed by atoms with Crippen molar-refractivity contribution in [1.29, 1.82) is 5.41 Å². The van der Waals surface area contributed by atoms with Crippen molar-refractivity contribution in [2.45, 2.75) is 31.5 Å². The smallest absolute Gasteiger partial charge is 0.235 e. The van der Waals surface area contributed by atoms with E-state index in [1.165, 1.54) is 0 Å². The number of nitrogens with two attached hydrogens (primary N) is 1. The fourth-order valence-corrected chi connectivity index (χ4v) is 5.56. The average Bonchev–Trinajstić information content (AvgIpc) is 3.36. The molecular weight excluding hydrogens is 402 g/mol. The van der Waals surface area contributed by atoms with Crippen LogP contribution in [0.4, 0.5) is 8.78 Å². The molecule has 4 atom stereocenters. The number of nitrogens with zero attached hydrogens (tertiary/aromatic N) is 2. The zero-order valence-electron chi connectivity index (χ0n) is 16.7. The number of hydrogen-bond donors (Lipinski definition) is 2. The normalized spacial score (nSPS) is 27.6. The van der Waals surface area contributed by atoms with Crippen LogP contribution in [0.5, 0.6) is 0 Å². The Morgan fingerprint density at radius 3 is 2.32 bits per heavy atom. The molecule has 8 heteroatoms. The number of nitrogen functional groups attached to an aromatic ring is 1. The maximum Gasteiger partial charge on any atom is 0.235 e. The number of carbonyl (C=O) groups excluding carboxylic acids is 2. The van der Waals surface area contributed by atoms with E-state index in [1.54, 1.807) is 12.1 Å². The summed E-state index contributed by atoms with van der Waals surface area (Å²) in [5.41, 5.74) is 7.31. The van der Waals surface area contributed by atoms with Crippen molar-refractivity contribution in [3.05, 3.63) is 70.8 Å². The second-order valence-corrected chi connectivity index (χ2v) is 8.52. The first-order valence-electron chi connectivity index (χ1n) is 10.4. The molecule has 2 amide bonds. The number of amidine groups is 1. The van der Waals surface area contributed by atoms with Crippen LogP contribution < -0.4 is 5.73 Å². The van der Waals surface area contributed by atoms with Gasteiger partial charge in [0.2, 0.25) is 11.8 Å². The monoisotopic (exact) mass is 424 g/mol. The quantitative estimate of drug-likeness (QED) is 0.448. The molecule has 1 unspecified atom stereocenters. The van der Waals surface area contributed by atoms with Crippen LogP contribution in [0, 0.1) is 28.9 Å². The van der Waals surface area contributed by atoms with E-state index in [0.717, 1.165) is 48.0 Å². The third-order valence-corrected chi connectivity index (χ3v) is 6.77. The van der Waals surface area contributed by atoms with E-state index in [2.05, 4.69) is 4.90 Å². The van der Waals surface area contributed by atoms with Crippen LogP contribution in [0.15, 0.2) is 42.5 Å². The molecule has 3 heterocycles. The zero-order chi connectivity index (χ0) is 21.9. The van der Waals surface area contributed by atoms with Gasteiger partial charge >= 0.3 is 0 Å². The number of hydrogen-bond acceptors (Lipinski definition) is 4. The summed E-state index contributed by atoms with van der Waals surface area (Å²) in [5, 5.41) is 7.58. The molecule has 31 heavy (non-hydrogen) atoms. The molecular formula is C23H22F2N4O2. The molecule has 6 nitrogen and oxygen atoms in total. The number of likely N-dealkylation sites (tertiary alicyclic amines) is 1. The summed E-state index contributed by atoms with van der Waals surface area (Å²) in [6, 6.07) is 10.0. The number of fused-ring (bicyclic) bond motifs is 3. The highest BCUT2D eigenvalue weighted by atomic mass is 19.1. The Bertz CT molecular complexity index is 1070. The minimum Gasteiger partial charge on any atom is -0.384 e. The predicted octanol–water partition coefficient (Wildman–Crippen LogP) is 2.57. The first-order valence-corrected chi connectivity index (χ1v) is 10.4. The number of carbonyl (C=O) groups is 2. The fraction of sp³-hybridized carbons (Fsp3) is 0.348. The largest absolute Gasteiger partial charge is 0.384 e. The van der Waals surface area contributed by atoms with Gasteiger partial charge in [-0.05, 0) is 42.6 Å². The highest BCUT2D eigenvalue weighted by Crippen LogP contribution is 2.53. The summed E-state index contributed by atoms with van der Waals surface area (Å²) in [6.45, 7) is 0.675. The summed E-state index contributed by atoms with van der Waals surface area (Å²) in [6.07, 6.45) is 1.79. The van der Waals surface area contributed by atoms with Crippen molar-refractivity contribution in [3.8, 4) is 0 Å². The van der Waals surface area contributed by atoms with Gasteiger partial charge < -0.3 is 5.73 Å². The number of nitrogens with one attached hydrogen (secondary N) is 1. The van der Waals surface area contributed by atoms with Crippen LogP contribution in [0.3, 0.4) is 0 Å². The van der Waals surface area contributed by atoms with Gasteiger partial charge in [0.1, 0.15) is 17.5 Å². The lowest BCUT2D eigenvalue weighted by atomic mass is 9.85. The van der Waals surface area contributed by atoms with Gasteiger partial charge in [-0.3, -0.25) is 24.8 Å². The van der Waals surface area contributed by atoms with E-state index in [4.69, 9.17) is 11.1 Å². The molecule has 0 saturated carbocycles. The van der Waals surface area contributed by atoms with Crippen molar-refractivity contribution in [2.24, 2.45) is 17.6 Å². The third-order valence-electron chi connectivity index (χ3n) is 6.77. The molecule has 0 spiro atoms. The van der Waals surface area contributed by atoms with Gasteiger partial charge in [0.25, 0.3) is 0 Å². The van der Waals surface area contributed by atoms with Crippen molar-refractivity contribution in [1.82, 2.24) is 9.80 Å². The lowest BCUT2D eigenvalue weighted by Gasteiger charge is -2.29. The van der Waals surface area contributed by atoms with Crippen molar-refractivity contribution in [2.75, 3.05) is 6.54 Å². The van der Waals surface area contributed by atoms with Crippen molar-refractivity contribution in [3.63, 3.8) is 0 Å². The van der Waals surface area contributed by atoms with Crippen LogP contribution in [-0.4, -0.2) is 40.0 Å². The van der Waals surface area contributed by atoms with Gasteiger partial charge in [-0.1, -0.05) is 24.3 Å². The first-order chi connectivity index (χ1) is 14.8. The zero-order valence-corrected chi connectivity index (χ0v) is 16.7. The van der Waals surface area contributed by atoms with Crippen LogP contribution >= 0.6 is 0 Å².